The Morgan fingerprint density at radius 2 is 1.70 bits per heavy atom. The molecule has 2 fully saturated rings. The van der Waals surface area contributed by atoms with Gasteiger partial charge >= 0.3 is 0 Å². The lowest BCUT2D eigenvalue weighted by atomic mass is 10.1. The maximum Gasteiger partial charge on any atom is 0.236 e. The smallest absolute Gasteiger partial charge is 0.236 e. The molecular weight excluding hydrogens is 336 g/mol. The first-order valence-corrected chi connectivity index (χ1v) is 10.3. The van der Waals surface area contributed by atoms with E-state index < -0.39 is 0 Å². The highest BCUT2D eigenvalue weighted by atomic mass is 16.2. The topological polar surface area (TPSA) is 39.7 Å². The van der Waals surface area contributed by atoms with E-state index in [1.165, 1.54) is 29.5 Å². The Morgan fingerprint density at radius 3 is 2.44 bits per heavy atom. The number of amides is 1. The Hall–Kier alpha value is -2.14. The van der Waals surface area contributed by atoms with Gasteiger partial charge in [-0.15, -0.1) is 0 Å². The van der Waals surface area contributed by atoms with Crippen molar-refractivity contribution in [1.82, 2.24) is 14.8 Å². The largest absolute Gasteiger partial charge is 0.368 e. The summed E-state index contributed by atoms with van der Waals surface area (Å²) >= 11 is 0. The van der Waals surface area contributed by atoms with Crippen LogP contribution in [0.25, 0.3) is 10.9 Å². The molecule has 0 N–H and O–H groups in total. The average Bonchev–Trinajstić information content (AvgIpc) is 2.98. The lowest BCUT2D eigenvalue weighted by Crippen LogP contribution is -2.50. The molecule has 0 saturated carbocycles. The van der Waals surface area contributed by atoms with Gasteiger partial charge < -0.3 is 9.80 Å². The van der Waals surface area contributed by atoms with Crippen LogP contribution >= 0.6 is 0 Å². The van der Waals surface area contributed by atoms with Gasteiger partial charge in [-0.2, -0.15) is 0 Å². The number of aryl methyl sites for hydroxylation is 1. The van der Waals surface area contributed by atoms with E-state index in [0.29, 0.717) is 12.5 Å². The number of nitrogens with zero attached hydrogens (tertiary/aromatic N) is 4. The molecule has 1 aromatic heterocycles. The number of anilines is 1. The summed E-state index contributed by atoms with van der Waals surface area (Å²) in [5.74, 6) is 0.315. The fourth-order valence-corrected chi connectivity index (χ4v) is 4.28. The van der Waals surface area contributed by atoms with Crippen molar-refractivity contribution in [2.45, 2.75) is 32.6 Å². The number of benzene rings is 1. The Kier molecular flexibility index (Phi) is 5.58. The van der Waals surface area contributed by atoms with E-state index in [1.807, 2.05) is 6.20 Å². The Labute approximate surface area is 162 Å². The van der Waals surface area contributed by atoms with E-state index in [4.69, 9.17) is 0 Å². The molecular formula is C22H30N4O. The van der Waals surface area contributed by atoms with Gasteiger partial charge in [0.05, 0.1) is 12.1 Å². The number of fused-ring (bicyclic) bond motifs is 1. The standard InChI is InChI=1S/C22H30N4O/c1-18-6-7-20-19(16-18)21(8-9-23-20)25-14-12-24(13-15-25)17-22(27)26-10-4-2-3-5-11-26/h6-9,16H,2-5,10-15,17H2,1H3. The lowest BCUT2D eigenvalue weighted by Gasteiger charge is -2.37. The Bertz CT molecular complexity index is 790. The number of rotatable bonds is 3. The quantitative estimate of drug-likeness (QED) is 0.837. The minimum atomic E-state index is 0.315. The van der Waals surface area contributed by atoms with Crippen LogP contribution in [0.4, 0.5) is 5.69 Å². The van der Waals surface area contributed by atoms with Gasteiger partial charge in [-0.1, -0.05) is 24.5 Å². The van der Waals surface area contributed by atoms with E-state index in [1.54, 1.807) is 0 Å². The zero-order chi connectivity index (χ0) is 18.6. The molecule has 0 aliphatic carbocycles. The predicted octanol–water partition coefficient (Wildman–Crippen LogP) is 3.07. The molecule has 2 aliphatic heterocycles. The second-order valence-corrected chi connectivity index (χ2v) is 7.91. The fraction of sp³-hybridized carbons (Fsp3) is 0.545. The number of likely N-dealkylation sites (tertiary alicyclic amines) is 1. The minimum absolute atomic E-state index is 0.315. The first-order chi connectivity index (χ1) is 13.2. The Balaban J connectivity index is 1.38. The van der Waals surface area contributed by atoms with Crippen LogP contribution in [0.5, 0.6) is 0 Å². The van der Waals surface area contributed by atoms with Crippen molar-refractivity contribution in [3.8, 4) is 0 Å². The highest BCUT2D eigenvalue weighted by molar-refractivity contribution is 5.92. The number of pyridine rings is 1. The van der Waals surface area contributed by atoms with E-state index in [0.717, 1.165) is 57.6 Å². The molecule has 0 unspecified atom stereocenters. The first kappa shape index (κ1) is 18.2. The van der Waals surface area contributed by atoms with Gasteiger partial charge in [0.2, 0.25) is 5.91 Å². The monoisotopic (exact) mass is 366 g/mol. The summed E-state index contributed by atoms with van der Waals surface area (Å²) in [6, 6.07) is 8.57. The van der Waals surface area contributed by atoms with Crippen molar-refractivity contribution < 1.29 is 4.79 Å². The molecule has 5 heteroatoms. The normalized spacial score (nSPS) is 19.3. The van der Waals surface area contributed by atoms with E-state index in [2.05, 4.69) is 50.9 Å². The van der Waals surface area contributed by atoms with E-state index >= 15 is 0 Å². The molecule has 2 aromatic rings. The molecule has 27 heavy (non-hydrogen) atoms. The van der Waals surface area contributed by atoms with Gasteiger partial charge in [-0.05, 0) is 38.0 Å². The third kappa shape index (κ3) is 4.24. The molecule has 2 saturated heterocycles. The van der Waals surface area contributed by atoms with Crippen LogP contribution in [0.1, 0.15) is 31.2 Å². The molecule has 0 bridgehead atoms. The van der Waals surface area contributed by atoms with Crippen molar-refractivity contribution in [1.29, 1.82) is 0 Å². The summed E-state index contributed by atoms with van der Waals surface area (Å²) in [7, 11) is 0. The zero-order valence-electron chi connectivity index (χ0n) is 16.4. The summed E-state index contributed by atoms with van der Waals surface area (Å²) in [6.45, 7) is 8.39. The number of piperazine rings is 1. The summed E-state index contributed by atoms with van der Waals surface area (Å²) in [6.07, 6.45) is 6.76. The number of carbonyl (C=O) groups excluding carboxylic acids is 1. The van der Waals surface area contributed by atoms with Gasteiger partial charge in [0.1, 0.15) is 0 Å². The summed E-state index contributed by atoms with van der Waals surface area (Å²) in [4.78, 5) is 24.0. The van der Waals surface area contributed by atoms with Crippen LogP contribution < -0.4 is 4.90 Å². The van der Waals surface area contributed by atoms with Crippen molar-refractivity contribution in [3.05, 3.63) is 36.0 Å². The van der Waals surface area contributed by atoms with Gasteiger partial charge in [0.25, 0.3) is 0 Å². The van der Waals surface area contributed by atoms with Crippen LogP contribution in [0.3, 0.4) is 0 Å². The van der Waals surface area contributed by atoms with Crippen molar-refractivity contribution in [2.75, 3.05) is 50.7 Å². The van der Waals surface area contributed by atoms with Crippen LogP contribution in [-0.4, -0.2) is 66.5 Å². The third-order valence-electron chi connectivity index (χ3n) is 5.90. The molecule has 144 valence electrons. The van der Waals surface area contributed by atoms with E-state index in [-0.39, 0.29) is 0 Å². The van der Waals surface area contributed by atoms with Gasteiger partial charge in [-0.3, -0.25) is 14.7 Å². The summed E-state index contributed by atoms with van der Waals surface area (Å²) in [5.41, 5.74) is 3.58. The fourth-order valence-electron chi connectivity index (χ4n) is 4.28. The average molecular weight is 367 g/mol. The van der Waals surface area contributed by atoms with E-state index in [9.17, 15) is 4.79 Å². The molecule has 0 atom stereocenters. The second kappa shape index (κ2) is 8.26. The van der Waals surface area contributed by atoms with Crippen LogP contribution in [0.15, 0.2) is 30.5 Å². The highest BCUT2D eigenvalue weighted by Crippen LogP contribution is 2.27. The minimum Gasteiger partial charge on any atom is -0.368 e. The molecule has 3 heterocycles. The number of hydrogen-bond acceptors (Lipinski definition) is 4. The van der Waals surface area contributed by atoms with Gasteiger partial charge in [0.15, 0.2) is 0 Å². The molecule has 0 radical (unpaired) electrons. The third-order valence-corrected chi connectivity index (χ3v) is 5.90. The van der Waals surface area contributed by atoms with Crippen LogP contribution in [-0.2, 0) is 4.79 Å². The Morgan fingerprint density at radius 1 is 0.963 bits per heavy atom. The number of aromatic nitrogens is 1. The molecule has 4 rings (SSSR count). The maximum atomic E-state index is 12.6. The van der Waals surface area contributed by atoms with Crippen molar-refractivity contribution >= 4 is 22.5 Å². The zero-order valence-corrected chi connectivity index (χ0v) is 16.4. The molecule has 1 amide bonds. The molecule has 1 aromatic carbocycles. The van der Waals surface area contributed by atoms with Crippen molar-refractivity contribution in [3.63, 3.8) is 0 Å². The maximum absolute atomic E-state index is 12.6. The second-order valence-electron chi connectivity index (χ2n) is 7.91. The van der Waals surface area contributed by atoms with Gasteiger partial charge in [-0.25, -0.2) is 0 Å². The predicted molar refractivity (Wildman–Crippen MR) is 110 cm³/mol. The molecule has 5 nitrogen and oxygen atoms in total. The van der Waals surface area contributed by atoms with Gasteiger partial charge in [0, 0.05) is 56.5 Å². The molecule has 0 spiro atoms. The van der Waals surface area contributed by atoms with Crippen LogP contribution in [0, 0.1) is 6.92 Å². The summed E-state index contributed by atoms with van der Waals surface area (Å²) < 4.78 is 0. The molecule has 2 aliphatic rings. The van der Waals surface area contributed by atoms with Crippen molar-refractivity contribution in [2.24, 2.45) is 0 Å². The van der Waals surface area contributed by atoms with Crippen LogP contribution in [0.2, 0.25) is 0 Å². The number of hydrogen-bond donors (Lipinski definition) is 0. The summed E-state index contributed by atoms with van der Waals surface area (Å²) in [5, 5.41) is 1.23. The number of carbonyl (C=O) groups is 1. The lowest BCUT2D eigenvalue weighted by molar-refractivity contribution is -0.132. The SMILES string of the molecule is Cc1ccc2nccc(N3CCN(CC(=O)N4CCCCCC4)CC3)c2c1. The highest BCUT2D eigenvalue weighted by Gasteiger charge is 2.23. The first-order valence-electron chi connectivity index (χ1n) is 10.3.